The molecule has 2 unspecified atom stereocenters. The second-order valence-electron chi connectivity index (χ2n) is 5.46. The highest BCUT2D eigenvalue weighted by molar-refractivity contribution is 6.01. The van der Waals surface area contributed by atoms with Crippen LogP contribution in [0.25, 0.3) is 0 Å². The lowest BCUT2D eigenvalue weighted by Crippen LogP contribution is -2.38. The van der Waals surface area contributed by atoms with Crippen LogP contribution in [0.5, 0.6) is 5.75 Å². The van der Waals surface area contributed by atoms with E-state index in [4.69, 9.17) is 9.47 Å². The number of esters is 1. The van der Waals surface area contributed by atoms with Gasteiger partial charge in [0.1, 0.15) is 11.7 Å². The van der Waals surface area contributed by atoms with Crippen molar-refractivity contribution in [3.05, 3.63) is 29.8 Å². The molecule has 0 aromatic heterocycles. The summed E-state index contributed by atoms with van der Waals surface area (Å²) in [5, 5.41) is 2.86. The van der Waals surface area contributed by atoms with Gasteiger partial charge in [-0.15, -0.1) is 0 Å². The van der Waals surface area contributed by atoms with E-state index >= 15 is 0 Å². The lowest BCUT2D eigenvalue weighted by molar-refractivity contribution is -0.149. The van der Waals surface area contributed by atoms with Crippen LogP contribution in [0.1, 0.15) is 25.3 Å². The Labute approximate surface area is 118 Å². The summed E-state index contributed by atoms with van der Waals surface area (Å²) in [5.74, 6) is -1.15. The first-order valence-corrected chi connectivity index (χ1v) is 6.44. The van der Waals surface area contributed by atoms with Crippen molar-refractivity contribution < 1.29 is 19.1 Å². The quantitative estimate of drug-likeness (QED) is 0.671. The predicted octanol–water partition coefficient (Wildman–Crippen LogP) is 1.48. The van der Waals surface area contributed by atoms with Crippen molar-refractivity contribution in [1.29, 1.82) is 0 Å². The molecule has 1 aliphatic rings. The van der Waals surface area contributed by atoms with Crippen LogP contribution < -0.4 is 10.1 Å². The van der Waals surface area contributed by atoms with Gasteiger partial charge in [0, 0.05) is 11.5 Å². The van der Waals surface area contributed by atoms with Crippen molar-refractivity contribution in [3.8, 4) is 5.75 Å². The normalized spacial score (nSPS) is 24.1. The highest BCUT2D eigenvalue weighted by Crippen LogP contribution is 2.41. The number of hydrogen-bond acceptors (Lipinski definition) is 4. The maximum absolute atomic E-state index is 12.1. The molecule has 1 aromatic carbocycles. The van der Waals surface area contributed by atoms with Gasteiger partial charge in [0.25, 0.3) is 0 Å². The molecule has 2 atom stereocenters. The number of amides is 1. The molecule has 1 aliphatic heterocycles. The Kier molecular flexibility index (Phi) is 3.70. The zero-order chi connectivity index (χ0) is 14.9. The van der Waals surface area contributed by atoms with Gasteiger partial charge in [-0.05, 0) is 31.5 Å². The van der Waals surface area contributed by atoms with Crippen LogP contribution in [0.4, 0.5) is 0 Å². The van der Waals surface area contributed by atoms with Crippen LogP contribution in [-0.2, 0) is 14.3 Å². The van der Waals surface area contributed by atoms with Crippen molar-refractivity contribution in [2.45, 2.75) is 25.3 Å². The summed E-state index contributed by atoms with van der Waals surface area (Å²) in [6.07, 6.45) is 0. The third-order valence-electron chi connectivity index (χ3n) is 3.77. The molecule has 1 N–H and O–H groups in total. The van der Waals surface area contributed by atoms with Crippen LogP contribution in [-0.4, -0.2) is 31.6 Å². The summed E-state index contributed by atoms with van der Waals surface area (Å²) in [6.45, 7) is 3.81. The highest BCUT2D eigenvalue weighted by Gasteiger charge is 2.52. The molecule has 20 heavy (non-hydrogen) atoms. The van der Waals surface area contributed by atoms with Gasteiger partial charge in [-0.1, -0.05) is 12.1 Å². The first kappa shape index (κ1) is 14.4. The SMILES string of the molecule is COC(=O)C1C(=O)NC(C)(C)C1c1ccc(OC)cc1. The van der Waals surface area contributed by atoms with E-state index < -0.39 is 17.4 Å². The van der Waals surface area contributed by atoms with Crippen molar-refractivity contribution in [2.75, 3.05) is 14.2 Å². The molecule has 0 saturated carbocycles. The topological polar surface area (TPSA) is 64.6 Å². The third-order valence-corrected chi connectivity index (χ3v) is 3.77. The highest BCUT2D eigenvalue weighted by atomic mass is 16.5. The fourth-order valence-corrected chi connectivity index (χ4v) is 2.83. The monoisotopic (exact) mass is 277 g/mol. The van der Waals surface area contributed by atoms with E-state index in [0.717, 1.165) is 11.3 Å². The molecule has 0 spiro atoms. The molecule has 0 bridgehead atoms. The van der Waals surface area contributed by atoms with Crippen LogP contribution >= 0.6 is 0 Å². The lowest BCUT2D eigenvalue weighted by Gasteiger charge is -2.28. The number of hydrogen-bond donors (Lipinski definition) is 1. The molecule has 1 amide bonds. The Morgan fingerprint density at radius 2 is 1.80 bits per heavy atom. The minimum absolute atomic E-state index is 0.270. The molecular weight excluding hydrogens is 258 g/mol. The number of carbonyl (C=O) groups is 2. The third kappa shape index (κ3) is 2.35. The number of rotatable bonds is 3. The minimum Gasteiger partial charge on any atom is -0.497 e. The maximum atomic E-state index is 12.1. The molecular formula is C15H19NO4. The van der Waals surface area contributed by atoms with Crippen LogP contribution in [0.15, 0.2) is 24.3 Å². The first-order valence-electron chi connectivity index (χ1n) is 6.44. The van der Waals surface area contributed by atoms with Crippen molar-refractivity contribution >= 4 is 11.9 Å². The Balaban J connectivity index is 2.42. The summed E-state index contributed by atoms with van der Waals surface area (Å²) in [4.78, 5) is 24.0. The van der Waals surface area contributed by atoms with E-state index in [0.29, 0.717) is 0 Å². The summed E-state index contributed by atoms with van der Waals surface area (Å²) in [5.41, 5.74) is 0.398. The molecule has 5 heteroatoms. The van der Waals surface area contributed by atoms with E-state index in [1.54, 1.807) is 7.11 Å². The van der Waals surface area contributed by atoms with Gasteiger partial charge in [-0.25, -0.2) is 0 Å². The van der Waals surface area contributed by atoms with E-state index in [1.165, 1.54) is 7.11 Å². The molecule has 108 valence electrons. The molecule has 2 rings (SSSR count). The Morgan fingerprint density at radius 1 is 1.20 bits per heavy atom. The van der Waals surface area contributed by atoms with Gasteiger partial charge in [0.2, 0.25) is 5.91 Å². The number of methoxy groups -OCH3 is 2. The van der Waals surface area contributed by atoms with Crippen molar-refractivity contribution in [1.82, 2.24) is 5.32 Å². The number of benzene rings is 1. The Hall–Kier alpha value is -2.04. The molecule has 5 nitrogen and oxygen atoms in total. The molecule has 1 aromatic rings. The van der Waals surface area contributed by atoms with Gasteiger partial charge in [-0.3, -0.25) is 9.59 Å². The summed E-state index contributed by atoms with van der Waals surface area (Å²) < 4.78 is 9.90. The molecule has 0 radical (unpaired) electrons. The average molecular weight is 277 g/mol. The maximum Gasteiger partial charge on any atom is 0.318 e. The van der Waals surface area contributed by atoms with Crippen molar-refractivity contribution in [2.24, 2.45) is 5.92 Å². The molecule has 1 heterocycles. The minimum atomic E-state index is -0.816. The number of carbonyl (C=O) groups excluding carboxylic acids is 2. The van der Waals surface area contributed by atoms with Crippen LogP contribution in [0.3, 0.4) is 0 Å². The van der Waals surface area contributed by atoms with E-state index in [9.17, 15) is 9.59 Å². The van der Waals surface area contributed by atoms with Gasteiger partial charge >= 0.3 is 5.97 Å². The van der Waals surface area contributed by atoms with E-state index in [-0.39, 0.29) is 11.8 Å². The number of ether oxygens (including phenoxy) is 2. The molecule has 1 fully saturated rings. The summed E-state index contributed by atoms with van der Waals surface area (Å²) in [6, 6.07) is 7.40. The average Bonchev–Trinajstić information content (AvgIpc) is 2.67. The fourth-order valence-electron chi connectivity index (χ4n) is 2.83. The second-order valence-corrected chi connectivity index (χ2v) is 5.46. The van der Waals surface area contributed by atoms with E-state index in [2.05, 4.69) is 5.32 Å². The van der Waals surface area contributed by atoms with Crippen LogP contribution in [0, 0.1) is 5.92 Å². The zero-order valence-corrected chi connectivity index (χ0v) is 12.1. The second kappa shape index (κ2) is 5.15. The lowest BCUT2D eigenvalue weighted by atomic mass is 9.77. The van der Waals surface area contributed by atoms with Gasteiger partial charge in [0.15, 0.2) is 0 Å². The van der Waals surface area contributed by atoms with Crippen molar-refractivity contribution in [3.63, 3.8) is 0 Å². The first-order chi connectivity index (χ1) is 9.40. The van der Waals surface area contributed by atoms with Gasteiger partial charge in [0.05, 0.1) is 14.2 Å². The Morgan fingerprint density at radius 3 is 2.30 bits per heavy atom. The van der Waals surface area contributed by atoms with Gasteiger partial charge < -0.3 is 14.8 Å². The molecule has 1 saturated heterocycles. The predicted molar refractivity (Wildman–Crippen MR) is 73.5 cm³/mol. The van der Waals surface area contributed by atoms with Gasteiger partial charge in [-0.2, -0.15) is 0 Å². The van der Waals surface area contributed by atoms with Crippen LogP contribution in [0.2, 0.25) is 0 Å². The largest absolute Gasteiger partial charge is 0.497 e. The standard InChI is InChI=1S/C15H19NO4/c1-15(2)12(9-5-7-10(19-3)8-6-9)11(13(17)16-15)14(18)20-4/h5-8,11-12H,1-4H3,(H,16,17). The van der Waals surface area contributed by atoms with E-state index in [1.807, 2.05) is 38.1 Å². The fraction of sp³-hybridized carbons (Fsp3) is 0.467. The number of nitrogens with one attached hydrogen (secondary N) is 1. The smallest absolute Gasteiger partial charge is 0.318 e. The molecule has 0 aliphatic carbocycles. The summed E-state index contributed by atoms with van der Waals surface area (Å²) >= 11 is 0. The Bertz CT molecular complexity index is 521. The zero-order valence-electron chi connectivity index (χ0n) is 12.1. The summed E-state index contributed by atoms with van der Waals surface area (Å²) in [7, 11) is 2.89.